The number of hydrogen-bond donors (Lipinski definition) is 1. The van der Waals surface area contributed by atoms with Gasteiger partial charge >= 0.3 is 0 Å². The van der Waals surface area contributed by atoms with E-state index in [0.717, 1.165) is 12.3 Å². The van der Waals surface area contributed by atoms with Crippen LogP contribution in [0.2, 0.25) is 0 Å². The standard InChI is InChI=1S/C17H28N2O/c1-4-19(14-9-5-6-10-14)17(13(2)18)15-11-7-8-12-16(15)20-3/h7-8,11-14,17H,4-6,9-10,18H2,1-3H3. The Morgan fingerprint density at radius 1 is 1.30 bits per heavy atom. The van der Waals surface area contributed by atoms with E-state index in [1.54, 1.807) is 7.11 Å². The van der Waals surface area contributed by atoms with E-state index in [-0.39, 0.29) is 12.1 Å². The number of ether oxygens (including phenoxy) is 1. The van der Waals surface area contributed by atoms with E-state index in [2.05, 4.69) is 30.9 Å². The number of nitrogens with zero attached hydrogens (tertiary/aromatic N) is 1. The van der Waals surface area contributed by atoms with Crippen LogP contribution in [0.1, 0.15) is 51.1 Å². The molecule has 2 unspecified atom stereocenters. The molecule has 1 fully saturated rings. The van der Waals surface area contributed by atoms with Crippen LogP contribution in [0.4, 0.5) is 0 Å². The van der Waals surface area contributed by atoms with Gasteiger partial charge in [0.05, 0.1) is 13.2 Å². The second kappa shape index (κ2) is 7.09. The summed E-state index contributed by atoms with van der Waals surface area (Å²) in [6, 6.07) is 9.28. The Balaban J connectivity index is 2.33. The lowest BCUT2D eigenvalue weighted by atomic mass is 9.96. The van der Waals surface area contributed by atoms with Gasteiger partial charge in [0.15, 0.2) is 0 Å². The van der Waals surface area contributed by atoms with Crippen LogP contribution in [0, 0.1) is 0 Å². The third-order valence-corrected chi connectivity index (χ3v) is 4.47. The highest BCUT2D eigenvalue weighted by Gasteiger charge is 2.32. The van der Waals surface area contributed by atoms with E-state index in [1.807, 2.05) is 12.1 Å². The van der Waals surface area contributed by atoms with Gasteiger partial charge in [0.1, 0.15) is 5.75 Å². The number of methoxy groups -OCH3 is 1. The Morgan fingerprint density at radius 2 is 1.95 bits per heavy atom. The topological polar surface area (TPSA) is 38.5 Å². The Labute approximate surface area is 123 Å². The normalized spacial score (nSPS) is 19.2. The minimum Gasteiger partial charge on any atom is -0.496 e. The Bertz CT molecular complexity index is 413. The van der Waals surface area contributed by atoms with Crippen LogP contribution in [-0.4, -0.2) is 30.6 Å². The lowest BCUT2D eigenvalue weighted by Gasteiger charge is -2.38. The summed E-state index contributed by atoms with van der Waals surface area (Å²) < 4.78 is 5.55. The molecule has 2 atom stereocenters. The molecule has 1 aromatic carbocycles. The van der Waals surface area contributed by atoms with Crippen molar-refractivity contribution in [2.24, 2.45) is 5.73 Å². The number of likely N-dealkylation sites (N-methyl/N-ethyl adjacent to an activating group) is 1. The van der Waals surface area contributed by atoms with Crippen LogP contribution in [0.15, 0.2) is 24.3 Å². The molecule has 1 aromatic rings. The van der Waals surface area contributed by atoms with Gasteiger partial charge in [-0.15, -0.1) is 0 Å². The molecule has 2 rings (SSSR count). The molecular weight excluding hydrogens is 248 g/mol. The van der Waals surface area contributed by atoms with Gasteiger partial charge in [0.2, 0.25) is 0 Å². The summed E-state index contributed by atoms with van der Waals surface area (Å²) in [5, 5.41) is 0. The summed E-state index contributed by atoms with van der Waals surface area (Å²) in [7, 11) is 1.74. The minimum absolute atomic E-state index is 0.0897. The molecule has 2 N–H and O–H groups in total. The summed E-state index contributed by atoms with van der Waals surface area (Å²) >= 11 is 0. The third kappa shape index (κ3) is 3.15. The highest BCUT2D eigenvalue weighted by atomic mass is 16.5. The Hall–Kier alpha value is -1.06. The van der Waals surface area contributed by atoms with Gasteiger partial charge in [-0.3, -0.25) is 4.90 Å². The fraction of sp³-hybridized carbons (Fsp3) is 0.647. The van der Waals surface area contributed by atoms with Gasteiger partial charge in [-0.25, -0.2) is 0 Å². The van der Waals surface area contributed by atoms with E-state index in [1.165, 1.54) is 31.2 Å². The molecule has 1 aliphatic rings. The lowest BCUT2D eigenvalue weighted by molar-refractivity contribution is 0.125. The molecule has 1 aliphatic carbocycles. The summed E-state index contributed by atoms with van der Waals surface area (Å²) in [6.45, 7) is 5.38. The Kier molecular flexibility index (Phi) is 5.44. The monoisotopic (exact) mass is 276 g/mol. The summed E-state index contributed by atoms with van der Waals surface area (Å²) in [5.41, 5.74) is 7.56. The zero-order valence-corrected chi connectivity index (χ0v) is 13.0. The average Bonchev–Trinajstić information content (AvgIpc) is 2.98. The number of rotatable bonds is 6. The first kappa shape index (κ1) is 15.3. The molecule has 3 heteroatoms. The molecule has 0 bridgehead atoms. The van der Waals surface area contributed by atoms with Crippen molar-refractivity contribution in [2.75, 3.05) is 13.7 Å². The van der Waals surface area contributed by atoms with E-state index in [9.17, 15) is 0 Å². The molecule has 0 aromatic heterocycles. The van der Waals surface area contributed by atoms with Crippen molar-refractivity contribution in [3.05, 3.63) is 29.8 Å². The van der Waals surface area contributed by atoms with Crippen molar-refractivity contribution in [1.82, 2.24) is 4.90 Å². The molecule has 20 heavy (non-hydrogen) atoms. The zero-order valence-electron chi connectivity index (χ0n) is 13.0. The number of para-hydroxylation sites is 1. The first-order chi connectivity index (χ1) is 9.69. The van der Waals surface area contributed by atoms with Crippen LogP contribution >= 0.6 is 0 Å². The van der Waals surface area contributed by atoms with Gasteiger partial charge in [-0.2, -0.15) is 0 Å². The maximum Gasteiger partial charge on any atom is 0.123 e. The van der Waals surface area contributed by atoms with Crippen LogP contribution in [0.25, 0.3) is 0 Å². The zero-order chi connectivity index (χ0) is 14.5. The molecule has 0 spiro atoms. The summed E-state index contributed by atoms with van der Waals surface area (Å²) in [6.07, 6.45) is 5.29. The SMILES string of the molecule is CCN(C1CCCC1)C(c1ccccc1OC)C(C)N. The molecule has 0 saturated heterocycles. The van der Waals surface area contributed by atoms with Crippen molar-refractivity contribution >= 4 is 0 Å². The maximum atomic E-state index is 6.34. The predicted octanol–water partition coefficient (Wildman–Crippen LogP) is 3.35. The predicted molar refractivity (Wildman–Crippen MR) is 84.0 cm³/mol. The van der Waals surface area contributed by atoms with Crippen LogP contribution in [-0.2, 0) is 0 Å². The van der Waals surface area contributed by atoms with Gasteiger partial charge in [0.25, 0.3) is 0 Å². The highest BCUT2D eigenvalue weighted by molar-refractivity contribution is 5.36. The fourth-order valence-corrected chi connectivity index (χ4v) is 3.59. The second-order valence-corrected chi connectivity index (χ2v) is 5.81. The van der Waals surface area contributed by atoms with Gasteiger partial charge in [-0.1, -0.05) is 38.0 Å². The lowest BCUT2D eigenvalue weighted by Crippen LogP contribution is -2.44. The van der Waals surface area contributed by atoms with E-state index in [4.69, 9.17) is 10.5 Å². The summed E-state index contributed by atoms with van der Waals surface area (Å²) in [4.78, 5) is 2.58. The maximum absolute atomic E-state index is 6.34. The highest BCUT2D eigenvalue weighted by Crippen LogP contribution is 2.36. The number of nitrogens with two attached hydrogens (primary N) is 1. The van der Waals surface area contributed by atoms with Gasteiger partial charge in [0, 0.05) is 17.6 Å². The average molecular weight is 276 g/mol. The van der Waals surface area contributed by atoms with Crippen molar-refractivity contribution < 1.29 is 4.74 Å². The van der Waals surface area contributed by atoms with E-state index >= 15 is 0 Å². The first-order valence-electron chi connectivity index (χ1n) is 7.83. The van der Waals surface area contributed by atoms with Crippen molar-refractivity contribution in [3.8, 4) is 5.75 Å². The van der Waals surface area contributed by atoms with Crippen LogP contribution < -0.4 is 10.5 Å². The fourth-order valence-electron chi connectivity index (χ4n) is 3.59. The van der Waals surface area contributed by atoms with Crippen molar-refractivity contribution in [1.29, 1.82) is 0 Å². The van der Waals surface area contributed by atoms with Crippen LogP contribution in [0.5, 0.6) is 5.75 Å². The summed E-state index contributed by atoms with van der Waals surface area (Å²) in [5.74, 6) is 0.950. The Morgan fingerprint density at radius 3 is 2.50 bits per heavy atom. The molecule has 0 aliphatic heterocycles. The van der Waals surface area contributed by atoms with E-state index < -0.39 is 0 Å². The molecular formula is C17H28N2O. The third-order valence-electron chi connectivity index (χ3n) is 4.47. The van der Waals surface area contributed by atoms with Gasteiger partial charge < -0.3 is 10.5 Å². The minimum atomic E-state index is 0.0897. The smallest absolute Gasteiger partial charge is 0.123 e. The largest absolute Gasteiger partial charge is 0.496 e. The van der Waals surface area contributed by atoms with Crippen molar-refractivity contribution in [2.45, 2.75) is 57.7 Å². The first-order valence-corrected chi connectivity index (χ1v) is 7.83. The van der Waals surface area contributed by atoms with Crippen molar-refractivity contribution in [3.63, 3.8) is 0 Å². The van der Waals surface area contributed by atoms with Crippen LogP contribution in [0.3, 0.4) is 0 Å². The molecule has 0 amide bonds. The van der Waals surface area contributed by atoms with E-state index in [0.29, 0.717) is 6.04 Å². The molecule has 3 nitrogen and oxygen atoms in total. The second-order valence-electron chi connectivity index (χ2n) is 5.81. The van der Waals surface area contributed by atoms with Gasteiger partial charge in [-0.05, 0) is 32.4 Å². The quantitative estimate of drug-likeness (QED) is 0.866. The number of benzene rings is 1. The molecule has 1 saturated carbocycles. The molecule has 0 heterocycles. The molecule has 112 valence electrons. The molecule has 0 radical (unpaired) electrons. The number of hydrogen-bond acceptors (Lipinski definition) is 3.